The summed E-state index contributed by atoms with van der Waals surface area (Å²) in [5.41, 5.74) is 1.02. The molecule has 3 heterocycles. The lowest BCUT2D eigenvalue weighted by molar-refractivity contribution is -0.131. The quantitative estimate of drug-likeness (QED) is 0.712. The van der Waals surface area contributed by atoms with Crippen molar-refractivity contribution < 1.29 is 9.18 Å². The number of aromatic nitrogens is 2. The van der Waals surface area contributed by atoms with Gasteiger partial charge in [0.25, 0.3) is 0 Å². The molecule has 2 aromatic rings. The van der Waals surface area contributed by atoms with E-state index in [1.165, 1.54) is 12.1 Å². The molecule has 2 aliphatic heterocycles. The van der Waals surface area contributed by atoms with Crippen LogP contribution in [0.25, 0.3) is 0 Å². The molecule has 8 heteroatoms. The van der Waals surface area contributed by atoms with Crippen LogP contribution in [0.4, 0.5) is 21.7 Å². The molecule has 0 bridgehead atoms. The van der Waals surface area contributed by atoms with Gasteiger partial charge in [-0.25, -0.2) is 14.4 Å². The molecule has 1 N–H and O–H groups in total. The van der Waals surface area contributed by atoms with E-state index in [9.17, 15) is 9.18 Å². The maximum absolute atomic E-state index is 13.1. The zero-order valence-electron chi connectivity index (χ0n) is 18.8. The number of hydrogen-bond donors (Lipinski definition) is 1. The van der Waals surface area contributed by atoms with E-state index in [1.54, 1.807) is 18.5 Å². The fourth-order valence-corrected chi connectivity index (χ4v) is 4.66. The number of piperidine rings is 1. The summed E-state index contributed by atoms with van der Waals surface area (Å²) in [5.74, 6) is 2.35. The average Bonchev–Trinajstić information content (AvgIpc) is 2.84. The van der Waals surface area contributed by atoms with Gasteiger partial charge in [0.2, 0.25) is 5.91 Å². The first kappa shape index (κ1) is 22.3. The zero-order valence-corrected chi connectivity index (χ0v) is 18.8. The fourth-order valence-electron chi connectivity index (χ4n) is 4.66. The summed E-state index contributed by atoms with van der Waals surface area (Å²) in [4.78, 5) is 28.1. The largest absolute Gasteiger partial charge is 0.370 e. The molecule has 2 aliphatic rings. The lowest BCUT2D eigenvalue weighted by atomic mass is 9.93. The van der Waals surface area contributed by atoms with Crippen molar-refractivity contribution in [3.05, 3.63) is 42.5 Å². The first-order valence-electron chi connectivity index (χ1n) is 11.7. The first-order chi connectivity index (χ1) is 15.6. The predicted molar refractivity (Wildman–Crippen MR) is 126 cm³/mol. The third kappa shape index (κ3) is 5.66. The highest BCUT2D eigenvalue weighted by atomic mass is 19.1. The van der Waals surface area contributed by atoms with Gasteiger partial charge in [0.1, 0.15) is 23.8 Å². The van der Waals surface area contributed by atoms with Gasteiger partial charge in [-0.15, -0.1) is 0 Å². The lowest BCUT2D eigenvalue weighted by Gasteiger charge is -2.37. The Morgan fingerprint density at radius 1 is 1.09 bits per heavy atom. The van der Waals surface area contributed by atoms with Gasteiger partial charge in [-0.05, 0) is 56.4 Å². The Balaban J connectivity index is 1.23. The third-order valence-electron chi connectivity index (χ3n) is 6.44. The van der Waals surface area contributed by atoms with Gasteiger partial charge in [-0.1, -0.05) is 0 Å². The van der Waals surface area contributed by atoms with Gasteiger partial charge in [0.15, 0.2) is 0 Å². The average molecular weight is 441 g/mol. The van der Waals surface area contributed by atoms with Crippen LogP contribution in [0.2, 0.25) is 0 Å². The molecular formula is C24H33FN6O. The van der Waals surface area contributed by atoms with Crippen LogP contribution in [0.3, 0.4) is 0 Å². The number of rotatable bonds is 7. The number of nitrogens with one attached hydrogen (secondary N) is 1. The summed E-state index contributed by atoms with van der Waals surface area (Å²) in [6.45, 7) is 7.85. The van der Waals surface area contributed by atoms with Crippen LogP contribution >= 0.6 is 0 Å². The Hall–Kier alpha value is -2.90. The minimum absolute atomic E-state index is 0.221. The Bertz CT molecular complexity index is 884. The van der Waals surface area contributed by atoms with Crippen LogP contribution in [0, 0.1) is 11.7 Å². The molecule has 0 unspecified atom stereocenters. The lowest BCUT2D eigenvalue weighted by Crippen LogP contribution is -2.49. The van der Waals surface area contributed by atoms with E-state index >= 15 is 0 Å². The highest BCUT2D eigenvalue weighted by molar-refractivity contribution is 5.76. The summed E-state index contributed by atoms with van der Waals surface area (Å²) in [7, 11) is 0. The standard InChI is InChI=1S/C24H33FN6O/c1-2-26-22-16-23(28-18-27-22)31-11-3-4-19(17-31)5-10-24(32)30-14-12-29(13-15-30)21-8-6-20(25)7-9-21/h6-9,16,18-19H,2-5,10-15,17H2,1H3,(H,26,27,28)/t19-/m1/s1. The van der Waals surface area contributed by atoms with Crippen molar-refractivity contribution in [2.45, 2.75) is 32.6 Å². The van der Waals surface area contributed by atoms with Crippen molar-refractivity contribution in [3.8, 4) is 0 Å². The van der Waals surface area contributed by atoms with E-state index in [0.717, 1.165) is 82.4 Å². The molecule has 32 heavy (non-hydrogen) atoms. The molecule has 1 aromatic heterocycles. The van der Waals surface area contributed by atoms with Gasteiger partial charge in [0, 0.05) is 64.0 Å². The van der Waals surface area contributed by atoms with Crippen molar-refractivity contribution in [2.75, 3.05) is 60.9 Å². The number of nitrogens with zero attached hydrogens (tertiary/aromatic N) is 5. The molecule has 0 aliphatic carbocycles. The maximum atomic E-state index is 13.1. The van der Waals surface area contributed by atoms with E-state index in [-0.39, 0.29) is 11.7 Å². The highest BCUT2D eigenvalue weighted by Gasteiger charge is 2.25. The van der Waals surface area contributed by atoms with Gasteiger partial charge < -0.3 is 20.0 Å². The van der Waals surface area contributed by atoms with Crippen LogP contribution in [-0.2, 0) is 4.79 Å². The molecule has 0 radical (unpaired) electrons. The topological polar surface area (TPSA) is 64.6 Å². The minimum atomic E-state index is -0.221. The zero-order chi connectivity index (χ0) is 22.3. The SMILES string of the molecule is CCNc1cc(N2CCC[C@H](CCC(=O)N3CCN(c4ccc(F)cc4)CC3)C2)ncn1. The number of piperazine rings is 1. The molecule has 172 valence electrons. The Kier molecular flexibility index (Phi) is 7.39. The van der Waals surface area contributed by atoms with E-state index in [2.05, 4.69) is 32.0 Å². The second-order valence-electron chi connectivity index (χ2n) is 8.63. The van der Waals surface area contributed by atoms with Crippen molar-refractivity contribution in [3.63, 3.8) is 0 Å². The minimum Gasteiger partial charge on any atom is -0.370 e. The molecule has 0 saturated carbocycles. The fraction of sp³-hybridized carbons (Fsp3) is 0.542. The second-order valence-corrected chi connectivity index (χ2v) is 8.63. The van der Waals surface area contributed by atoms with Crippen LogP contribution < -0.4 is 15.1 Å². The summed E-state index contributed by atoms with van der Waals surface area (Å²) in [5, 5.41) is 3.24. The number of anilines is 3. The molecule has 0 spiro atoms. The van der Waals surface area contributed by atoms with Gasteiger partial charge in [-0.2, -0.15) is 0 Å². The molecule has 4 rings (SSSR count). The predicted octanol–water partition coefficient (Wildman–Crippen LogP) is 3.39. The number of benzene rings is 1. The molecule has 2 saturated heterocycles. The highest BCUT2D eigenvalue weighted by Crippen LogP contribution is 2.26. The molecule has 1 amide bonds. The maximum Gasteiger partial charge on any atom is 0.222 e. The van der Waals surface area contributed by atoms with Gasteiger partial charge in [-0.3, -0.25) is 4.79 Å². The summed E-state index contributed by atoms with van der Waals surface area (Å²) in [6, 6.07) is 8.60. The van der Waals surface area contributed by atoms with E-state index in [4.69, 9.17) is 0 Å². The van der Waals surface area contributed by atoms with Crippen molar-refractivity contribution >= 4 is 23.2 Å². The Labute approximate surface area is 189 Å². The molecule has 7 nitrogen and oxygen atoms in total. The smallest absolute Gasteiger partial charge is 0.222 e. The number of hydrogen-bond acceptors (Lipinski definition) is 6. The second kappa shape index (κ2) is 10.6. The summed E-state index contributed by atoms with van der Waals surface area (Å²) in [6.07, 6.45) is 5.41. The molecule has 1 aromatic carbocycles. The van der Waals surface area contributed by atoms with Gasteiger partial charge in [0.05, 0.1) is 0 Å². The summed E-state index contributed by atoms with van der Waals surface area (Å²) >= 11 is 0. The Morgan fingerprint density at radius 3 is 2.62 bits per heavy atom. The first-order valence-corrected chi connectivity index (χ1v) is 11.7. The van der Waals surface area contributed by atoms with Crippen molar-refractivity contribution in [1.82, 2.24) is 14.9 Å². The monoisotopic (exact) mass is 440 g/mol. The normalized spacial score (nSPS) is 19.2. The summed E-state index contributed by atoms with van der Waals surface area (Å²) < 4.78 is 13.1. The van der Waals surface area contributed by atoms with Crippen LogP contribution in [-0.4, -0.2) is 66.6 Å². The molecule has 1 atom stereocenters. The van der Waals surface area contributed by atoms with Crippen LogP contribution in [0.1, 0.15) is 32.6 Å². The Morgan fingerprint density at radius 2 is 1.88 bits per heavy atom. The van der Waals surface area contributed by atoms with Crippen LogP contribution in [0.15, 0.2) is 36.7 Å². The number of carbonyl (C=O) groups is 1. The molecular weight excluding hydrogens is 407 g/mol. The van der Waals surface area contributed by atoms with Crippen molar-refractivity contribution in [2.24, 2.45) is 5.92 Å². The van der Waals surface area contributed by atoms with E-state index < -0.39 is 0 Å². The van der Waals surface area contributed by atoms with Gasteiger partial charge >= 0.3 is 0 Å². The van der Waals surface area contributed by atoms with E-state index in [0.29, 0.717) is 12.3 Å². The number of amides is 1. The number of halogens is 1. The third-order valence-corrected chi connectivity index (χ3v) is 6.44. The van der Waals surface area contributed by atoms with Crippen LogP contribution in [0.5, 0.6) is 0 Å². The van der Waals surface area contributed by atoms with Crippen molar-refractivity contribution in [1.29, 1.82) is 0 Å². The number of carbonyl (C=O) groups excluding carboxylic acids is 1. The molecule has 2 fully saturated rings. The van der Waals surface area contributed by atoms with E-state index in [1.807, 2.05) is 11.0 Å².